The van der Waals surface area contributed by atoms with E-state index in [-0.39, 0.29) is 0 Å². The first kappa shape index (κ1) is 8.56. The molecular weight excluding hydrogens is 184 g/mol. The molecule has 2 N–H and O–H groups in total. The summed E-state index contributed by atoms with van der Waals surface area (Å²) < 4.78 is 16.2. The summed E-state index contributed by atoms with van der Waals surface area (Å²) in [6, 6.07) is 7.17. The van der Waals surface area contributed by atoms with Crippen molar-refractivity contribution >= 4 is 15.4 Å². The third-order valence-corrected chi connectivity index (χ3v) is 4.58. The standard InChI is InChI=1S/C9H12N2OS/c10-8-2-4-9(5-3-8)13(12)7-1-6-11-13/h2-5H,1,6-7,10H2. The smallest absolute Gasteiger partial charge is 0.0752 e. The van der Waals surface area contributed by atoms with Gasteiger partial charge in [-0.3, -0.25) is 0 Å². The van der Waals surface area contributed by atoms with Crippen LogP contribution in [0.15, 0.2) is 33.5 Å². The molecule has 0 aliphatic carbocycles. The highest BCUT2D eigenvalue weighted by molar-refractivity contribution is 7.93. The van der Waals surface area contributed by atoms with Crippen LogP contribution in [-0.2, 0) is 9.73 Å². The Morgan fingerprint density at radius 1 is 1.31 bits per heavy atom. The first-order valence-electron chi connectivity index (χ1n) is 4.27. The van der Waals surface area contributed by atoms with E-state index >= 15 is 0 Å². The van der Waals surface area contributed by atoms with Gasteiger partial charge in [-0.1, -0.05) is 0 Å². The highest BCUT2D eigenvalue weighted by atomic mass is 32.2. The summed E-state index contributed by atoms with van der Waals surface area (Å²) in [5.41, 5.74) is 6.24. The van der Waals surface area contributed by atoms with E-state index in [9.17, 15) is 4.21 Å². The molecule has 1 aromatic carbocycles. The van der Waals surface area contributed by atoms with E-state index in [1.54, 1.807) is 12.1 Å². The molecule has 0 amide bonds. The van der Waals surface area contributed by atoms with Gasteiger partial charge in [-0.2, -0.15) is 0 Å². The molecule has 1 unspecified atom stereocenters. The minimum atomic E-state index is -2.08. The van der Waals surface area contributed by atoms with Crippen molar-refractivity contribution in [1.29, 1.82) is 0 Å². The van der Waals surface area contributed by atoms with Crippen molar-refractivity contribution in [2.45, 2.75) is 11.3 Å². The van der Waals surface area contributed by atoms with Crippen LogP contribution in [0.1, 0.15) is 6.42 Å². The zero-order valence-electron chi connectivity index (χ0n) is 7.27. The minimum Gasteiger partial charge on any atom is -0.399 e. The molecule has 13 heavy (non-hydrogen) atoms. The van der Waals surface area contributed by atoms with Gasteiger partial charge < -0.3 is 5.73 Å². The van der Waals surface area contributed by atoms with Gasteiger partial charge in [0.15, 0.2) is 0 Å². The number of benzene rings is 1. The summed E-state index contributed by atoms with van der Waals surface area (Å²) >= 11 is 0. The fourth-order valence-corrected chi connectivity index (χ4v) is 3.43. The van der Waals surface area contributed by atoms with Crippen LogP contribution >= 0.6 is 0 Å². The van der Waals surface area contributed by atoms with Gasteiger partial charge in [-0.15, -0.1) is 0 Å². The molecule has 3 nitrogen and oxygen atoms in total. The zero-order valence-corrected chi connectivity index (χ0v) is 8.09. The van der Waals surface area contributed by atoms with Gasteiger partial charge >= 0.3 is 0 Å². The predicted molar refractivity (Wildman–Crippen MR) is 54.0 cm³/mol. The molecule has 1 atom stereocenters. The average molecular weight is 196 g/mol. The second-order valence-electron chi connectivity index (χ2n) is 3.12. The molecule has 0 spiro atoms. The lowest BCUT2D eigenvalue weighted by Crippen LogP contribution is -2.00. The largest absolute Gasteiger partial charge is 0.399 e. The van der Waals surface area contributed by atoms with Crippen LogP contribution in [0, 0.1) is 0 Å². The van der Waals surface area contributed by atoms with Crippen LogP contribution in [0.3, 0.4) is 0 Å². The molecule has 1 aliphatic rings. The van der Waals surface area contributed by atoms with Gasteiger partial charge in [0.2, 0.25) is 0 Å². The van der Waals surface area contributed by atoms with Crippen molar-refractivity contribution in [2.24, 2.45) is 4.36 Å². The first-order chi connectivity index (χ1) is 6.21. The Balaban J connectivity index is 2.47. The van der Waals surface area contributed by atoms with Crippen LogP contribution in [0.25, 0.3) is 0 Å². The lowest BCUT2D eigenvalue weighted by molar-refractivity contribution is 0.679. The highest BCUT2D eigenvalue weighted by Crippen LogP contribution is 2.20. The number of nitrogen functional groups attached to an aromatic ring is 1. The van der Waals surface area contributed by atoms with Gasteiger partial charge in [0.25, 0.3) is 0 Å². The van der Waals surface area contributed by atoms with Crippen molar-refractivity contribution in [3.63, 3.8) is 0 Å². The summed E-state index contributed by atoms with van der Waals surface area (Å²) in [7, 11) is -2.08. The van der Waals surface area contributed by atoms with E-state index in [1.807, 2.05) is 12.1 Å². The van der Waals surface area contributed by atoms with Gasteiger partial charge in [0, 0.05) is 22.9 Å². The third-order valence-electron chi connectivity index (χ3n) is 2.13. The summed E-state index contributed by atoms with van der Waals surface area (Å²) in [6.07, 6.45) is 0.934. The third kappa shape index (κ3) is 1.54. The van der Waals surface area contributed by atoms with E-state index in [4.69, 9.17) is 5.73 Å². The maximum atomic E-state index is 12.1. The van der Waals surface area contributed by atoms with Crippen molar-refractivity contribution < 1.29 is 4.21 Å². The quantitative estimate of drug-likeness (QED) is 0.692. The maximum absolute atomic E-state index is 12.1. The maximum Gasteiger partial charge on any atom is 0.0752 e. The van der Waals surface area contributed by atoms with E-state index in [0.717, 1.165) is 17.9 Å². The second-order valence-corrected chi connectivity index (χ2v) is 5.54. The number of hydrogen-bond donors (Lipinski definition) is 1. The zero-order chi connectivity index (χ0) is 9.31. The number of nitrogens with zero attached hydrogens (tertiary/aromatic N) is 1. The number of nitrogens with two attached hydrogens (primary N) is 1. The molecule has 0 fully saturated rings. The molecule has 70 valence electrons. The number of rotatable bonds is 1. The van der Waals surface area contributed by atoms with Crippen LogP contribution in [0.2, 0.25) is 0 Å². The van der Waals surface area contributed by atoms with Gasteiger partial charge in [0.1, 0.15) is 0 Å². The number of hydrogen-bond acceptors (Lipinski definition) is 3. The predicted octanol–water partition coefficient (Wildman–Crippen LogP) is 1.50. The van der Waals surface area contributed by atoms with E-state index in [0.29, 0.717) is 11.4 Å². The first-order valence-corrected chi connectivity index (χ1v) is 5.95. The normalized spacial score (nSPS) is 27.1. The minimum absolute atomic E-state index is 0.691. The monoisotopic (exact) mass is 196 g/mol. The molecule has 0 aromatic heterocycles. The Hall–Kier alpha value is -1.03. The summed E-state index contributed by atoms with van der Waals surface area (Å²) in [4.78, 5) is 0.819. The molecule has 2 rings (SSSR count). The van der Waals surface area contributed by atoms with E-state index < -0.39 is 9.73 Å². The highest BCUT2D eigenvalue weighted by Gasteiger charge is 2.16. The van der Waals surface area contributed by atoms with Gasteiger partial charge in [-0.05, 0) is 30.7 Å². The van der Waals surface area contributed by atoms with E-state index in [1.165, 1.54) is 0 Å². The molecule has 0 saturated heterocycles. The molecule has 0 radical (unpaired) electrons. The van der Waals surface area contributed by atoms with E-state index in [2.05, 4.69) is 4.36 Å². The molecule has 4 heteroatoms. The SMILES string of the molecule is Nc1ccc(S2(=O)=NCCC2)cc1. The number of anilines is 1. The Kier molecular flexibility index (Phi) is 2.00. The summed E-state index contributed by atoms with van der Waals surface area (Å²) in [5.74, 6) is 0.691. The van der Waals surface area contributed by atoms with Crippen molar-refractivity contribution in [1.82, 2.24) is 0 Å². The average Bonchev–Trinajstić information content (AvgIpc) is 2.54. The molecule has 1 aliphatic heterocycles. The second kappa shape index (κ2) is 3.03. The van der Waals surface area contributed by atoms with Crippen molar-refractivity contribution in [3.05, 3.63) is 24.3 Å². The molecule has 1 heterocycles. The summed E-state index contributed by atoms with van der Waals surface area (Å²) in [6.45, 7) is 0.725. The van der Waals surface area contributed by atoms with Gasteiger partial charge in [0.05, 0.1) is 9.73 Å². The van der Waals surface area contributed by atoms with Crippen LogP contribution in [0.4, 0.5) is 5.69 Å². The lowest BCUT2D eigenvalue weighted by atomic mass is 10.3. The molecular formula is C9H12N2OS. The van der Waals surface area contributed by atoms with Crippen molar-refractivity contribution in [2.75, 3.05) is 18.0 Å². The summed E-state index contributed by atoms with van der Waals surface area (Å²) in [5, 5.41) is 0. The fraction of sp³-hybridized carbons (Fsp3) is 0.333. The molecule has 0 saturated carbocycles. The van der Waals surface area contributed by atoms with Gasteiger partial charge in [-0.25, -0.2) is 8.57 Å². The topological polar surface area (TPSA) is 55.5 Å². The Bertz CT molecular complexity index is 416. The van der Waals surface area contributed by atoms with Crippen LogP contribution < -0.4 is 5.73 Å². The van der Waals surface area contributed by atoms with Crippen LogP contribution in [-0.4, -0.2) is 16.5 Å². The van der Waals surface area contributed by atoms with Crippen molar-refractivity contribution in [3.8, 4) is 0 Å². The van der Waals surface area contributed by atoms with Crippen LogP contribution in [0.5, 0.6) is 0 Å². The Morgan fingerprint density at radius 2 is 2.00 bits per heavy atom. The molecule has 0 bridgehead atoms. The molecule has 1 aromatic rings. The lowest BCUT2D eigenvalue weighted by Gasteiger charge is -2.03. The Morgan fingerprint density at radius 3 is 2.54 bits per heavy atom. The Labute approximate surface area is 78.1 Å². The fourth-order valence-electron chi connectivity index (χ4n) is 1.41.